The summed E-state index contributed by atoms with van der Waals surface area (Å²) < 4.78 is 0. The van der Waals surface area contributed by atoms with E-state index in [0.29, 0.717) is 6.04 Å². The molecule has 3 rings (SSSR count). The molecule has 2 aromatic rings. The molecule has 21 heavy (non-hydrogen) atoms. The van der Waals surface area contributed by atoms with Gasteiger partial charge in [-0.25, -0.2) is 4.98 Å². The van der Waals surface area contributed by atoms with Crippen molar-refractivity contribution in [3.8, 4) is 0 Å². The average molecular weight is 287 g/mol. The van der Waals surface area contributed by atoms with E-state index < -0.39 is 5.97 Å². The summed E-state index contributed by atoms with van der Waals surface area (Å²) in [5, 5.41) is 10.1. The van der Waals surface area contributed by atoms with Crippen LogP contribution < -0.4 is 0 Å². The molecule has 112 valence electrons. The number of nitrogens with zero attached hydrogens (tertiary/aromatic N) is 2. The lowest BCUT2D eigenvalue weighted by molar-refractivity contribution is -0.137. The number of rotatable bonds is 5. The Morgan fingerprint density at radius 3 is 3.24 bits per heavy atom. The van der Waals surface area contributed by atoms with Gasteiger partial charge < -0.3 is 10.1 Å². The van der Waals surface area contributed by atoms with E-state index in [4.69, 9.17) is 5.11 Å². The highest BCUT2D eigenvalue weighted by molar-refractivity contribution is 5.79. The van der Waals surface area contributed by atoms with E-state index in [-0.39, 0.29) is 6.42 Å². The fourth-order valence-electron chi connectivity index (χ4n) is 3.25. The number of aromatic nitrogens is 2. The number of nitrogens with one attached hydrogen (secondary N) is 1. The maximum absolute atomic E-state index is 10.8. The van der Waals surface area contributed by atoms with Crippen molar-refractivity contribution >= 4 is 17.0 Å². The number of hydrogen-bond donors (Lipinski definition) is 2. The summed E-state index contributed by atoms with van der Waals surface area (Å²) >= 11 is 0. The molecule has 1 atom stereocenters. The zero-order valence-corrected chi connectivity index (χ0v) is 12.1. The van der Waals surface area contributed by atoms with Crippen LogP contribution in [0.4, 0.5) is 0 Å². The number of piperidine rings is 1. The molecule has 2 N–H and O–H groups in total. The predicted octanol–water partition coefficient (Wildman–Crippen LogP) is 2.78. The first kappa shape index (κ1) is 14.1. The Morgan fingerprint density at radius 2 is 2.38 bits per heavy atom. The molecule has 2 aromatic heterocycles. The summed E-state index contributed by atoms with van der Waals surface area (Å²) in [5.74, 6) is -0.697. The molecular formula is C16H21N3O2. The maximum atomic E-state index is 10.8. The van der Waals surface area contributed by atoms with Crippen molar-refractivity contribution < 1.29 is 9.90 Å². The van der Waals surface area contributed by atoms with Crippen molar-refractivity contribution in [2.45, 2.75) is 44.7 Å². The van der Waals surface area contributed by atoms with E-state index in [1.807, 2.05) is 12.3 Å². The first-order chi connectivity index (χ1) is 10.2. The topological polar surface area (TPSA) is 69.2 Å². The van der Waals surface area contributed by atoms with Crippen LogP contribution in [0.3, 0.4) is 0 Å². The van der Waals surface area contributed by atoms with Gasteiger partial charge in [0.05, 0.1) is 0 Å². The van der Waals surface area contributed by atoms with E-state index in [9.17, 15) is 4.79 Å². The summed E-state index contributed by atoms with van der Waals surface area (Å²) in [7, 11) is 0. The molecule has 5 nitrogen and oxygen atoms in total. The van der Waals surface area contributed by atoms with Gasteiger partial charge in [0.2, 0.25) is 0 Å². The molecule has 1 saturated heterocycles. The van der Waals surface area contributed by atoms with Crippen molar-refractivity contribution in [3.63, 3.8) is 0 Å². The minimum atomic E-state index is -0.697. The number of carboxylic acids is 1. The second kappa shape index (κ2) is 6.26. The molecule has 1 aliphatic heterocycles. The molecule has 5 heteroatoms. The van der Waals surface area contributed by atoms with Crippen LogP contribution in [-0.4, -0.2) is 38.5 Å². The minimum absolute atomic E-state index is 0.261. The molecule has 0 saturated carbocycles. The van der Waals surface area contributed by atoms with Gasteiger partial charge in [0, 0.05) is 36.8 Å². The first-order valence-corrected chi connectivity index (χ1v) is 7.61. The first-order valence-electron chi connectivity index (χ1n) is 7.61. The Balaban J connectivity index is 1.73. The van der Waals surface area contributed by atoms with Crippen molar-refractivity contribution in [3.05, 3.63) is 30.1 Å². The van der Waals surface area contributed by atoms with Crippen molar-refractivity contribution in [1.82, 2.24) is 14.9 Å². The largest absolute Gasteiger partial charge is 0.481 e. The van der Waals surface area contributed by atoms with Gasteiger partial charge in [-0.2, -0.15) is 0 Å². The lowest BCUT2D eigenvalue weighted by atomic mass is 9.97. The Bertz CT molecular complexity index is 623. The summed E-state index contributed by atoms with van der Waals surface area (Å²) in [5.41, 5.74) is 2.17. The quantitative estimate of drug-likeness (QED) is 0.887. The normalized spacial score (nSPS) is 19.9. The number of H-pyrrole nitrogens is 1. The maximum Gasteiger partial charge on any atom is 0.303 e. The van der Waals surface area contributed by atoms with Gasteiger partial charge in [-0.3, -0.25) is 9.69 Å². The van der Waals surface area contributed by atoms with Gasteiger partial charge in [0.1, 0.15) is 5.65 Å². The van der Waals surface area contributed by atoms with Gasteiger partial charge in [0.25, 0.3) is 0 Å². The molecule has 1 unspecified atom stereocenters. The zero-order valence-electron chi connectivity index (χ0n) is 12.1. The van der Waals surface area contributed by atoms with E-state index in [2.05, 4.69) is 20.9 Å². The van der Waals surface area contributed by atoms with Crippen molar-refractivity contribution in [2.75, 3.05) is 6.54 Å². The number of pyridine rings is 1. The number of fused-ring (bicyclic) bond motifs is 1. The van der Waals surface area contributed by atoms with E-state index >= 15 is 0 Å². The Kier molecular flexibility index (Phi) is 4.20. The summed E-state index contributed by atoms with van der Waals surface area (Å²) in [4.78, 5) is 20.8. The SMILES string of the molecule is O=C(O)CCC1CCCCN1Cc1c[nH]c2ncccc12. The third-order valence-corrected chi connectivity index (χ3v) is 4.35. The van der Waals surface area contributed by atoms with Gasteiger partial charge in [-0.1, -0.05) is 6.42 Å². The highest BCUT2D eigenvalue weighted by atomic mass is 16.4. The van der Waals surface area contributed by atoms with Gasteiger partial charge in [-0.15, -0.1) is 0 Å². The van der Waals surface area contributed by atoms with E-state index in [0.717, 1.165) is 31.6 Å². The standard InChI is InChI=1S/C16H21N3O2/c20-15(21)7-6-13-4-1-2-9-19(13)11-12-10-18-16-14(12)5-3-8-17-16/h3,5,8,10,13H,1-2,4,6-7,9,11H2,(H,17,18)(H,20,21). The van der Waals surface area contributed by atoms with Crippen LogP contribution in [0.25, 0.3) is 11.0 Å². The molecule has 0 amide bonds. The lowest BCUT2D eigenvalue weighted by Gasteiger charge is -2.35. The van der Waals surface area contributed by atoms with Crippen LogP contribution in [0, 0.1) is 0 Å². The van der Waals surface area contributed by atoms with Crippen LogP contribution in [-0.2, 0) is 11.3 Å². The molecule has 0 bridgehead atoms. The number of aromatic amines is 1. The van der Waals surface area contributed by atoms with Crippen LogP contribution in [0.2, 0.25) is 0 Å². The summed E-state index contributed by atoms with van der Waals surface area (Å²) in [6.07, 6.45) is 8.33. The Morgan fingerprint density at radius 1 is 1.48 bits per heavy atom. The highest BCUT2D eigenvalue weighted by Crippen LogP contribution is 2.25. The molecule has 1 aliphatic rings. The molecule has 0 aliphatic carbocycles. The molecule has 3 heterocycles. The molecular weight excluding hydrogens is 266 g/mol. The zero-order chi connectivity index (χ0) is 14.7. The van der Waals surface area contributed by atoms with Gasteiger partial charge in [0.15, 0.2) is 0 Å². The predicted molar refractivity (Wildman–Crippen MR) is 81.0 cm³/mol. The minimum Gasteiger partial charge on any atom is -0.481 e. The average Bonchev–Trinajstić information content (AvgIpc) is 2.90. The van der Waals surface area contributed by atoms with E-state index in [1.165, 1.54) is 23.8 Å². The monoisotopic (exact) mass is 287 g/mol. The van der Waals surface area contributed by atoms with E-state index in [1.54, 1.807) is 6.20 Å². The number of hydrogen-bond acceptors (Lipinski definition) is 3. The lowest BCUT2D eigenvalue weighted by Crippen LogP contribution is -2.39. The van der Waals surface area contributed by atoms with Crippen LogP contribution in [0.1, 0.15) is 37.7 Å². The Hall–Kier alpha value is -1.88. The molecule has 1 fully saturated rings. The van der Waals surface area contributed by atoms with Crippen LogP contribution in [0.5, 0.6) is 0 Å². The third kappa shape index (κ3) is 3.24. The summed E-state index contributed by atoms with van der Waals surface area (Å²) in [6.45, 7) is 1.92. The van der Waals surface area contributed by atoms with Gasteiger partial charge in [-0.05, 0) is 43.5 Å². The second-order valence-electron chi connectivity index (χ2n) is 5.77. The highest BCUT2D eigenvalue weighted by Gasteiger charge is 2.23. The molecule has 0 aromatic carbocycles. The number of carboxylic acid groups (broad SMARTS) is 1. The third-order valence-electron chi connectivity index (χ3n) is 4.35. The van der Waals surface area contributed by atoms with Crippen molar-refractivity contribution in [2.24, 2.45) is 0 Å². The fraction of sp³-hybridized carbons (Fsp3) is 0.500. The molecule has 0 radical (unpaired) electrons. The van der Waals surface area contributed by atoms with Gasteiger partial charge >= 0.3 is 5.97 Å². The van der Waals surface area contributed by atoms with Crippen LogP contribution >= 0.6 is 0 Å². The number of carbonyl (C=O) groups is 1. The fourth-order valence-corrected chi connectivity index (χ4v) is 3.25. The smallest absolute Gasteiger partial charge is 0.303 e. The van der Waals surface area contributed by atoms with Crippen molar-refractivity contribution in [1.29, 1.82) is 0 Å². The van der Waals surface area contributed by atoms with Crippen LogP contribution in [0.15, 0.2) is 24.5 Å². The Labute approximate surface area is 124 Å². The number of likely N-dealkylation sites (tertiary alicyclic amines) is 1. The number of aliphatic carboxylic acids is 1. The summed E-state index contributed by atoms with van der Waals surface area (Å²) in [6, 6.07) is 4.43. The molecule has 0 spiro atoms. The second-order valence-corrected chi connectivity index (χ2v) is 5.77.